The summed E-state index contributed by atoms with van der Waals surface area (Å²) in [7, 11) is 0. The third-order valence-electron chi connectivity index (χ3n) is 3.70. The van der Waals surface area contributed by atoms with Crippen LogP contribution in [0, 0.1) is 11.8 Å². The van der Waals surface area contributed by atoms with Gasteiger partial charge in [0.1, 0.15) is 0 Å². The van der Waals surface area contributed by atoms with Gasteiger partial charge in [0, 0.05) is 12.6 Å². The zero-order valence-corrected chi connectivity index (χ0v) is 10.6. The van der Waals surface area contributed by atoms with E-state index >= 15 is 0 Å². The van der Waals surface area contributed by atoms with Crippen LogP contribution in [0.1, 0.15) is 33.1 Å². The molecule has 3 unspecified atom stereocenters. The van der Waals surface area contributed by atoms with Gasteiger partial charge in [-0.1, -0.05) is 13.8 Å². The molecule has 2 aliphatic rings. The van der Waals surface area contributed by atoms with E-state index in [0.29, 0.717) is 6.04 Å². The van der Waals surface area contributed by atoms with Crippen LogP contribution >= 0.6 is 0 Å². The van der Waals surface area contributed by atoms with E-state index in [1.165, 1.54) is 19.3 Å². The fourth-order valence-electron chi connectivity index (χ4n) is 3.07. The van der Waals surface area contributed by atoms with Crippen LogP contribution in [-0.4, -0.2) is 38.5 Å². The van der Waals surface area contributed by atoms with Gasteiger partial charge in [-0.25, -0.2) is 0 Å². The molecule has 0 bridgehead atoms. The topological polar surface area (TPSA) is 30.5 Å². The fourth-order valence-corrected chi connectivity index (χ4v) is 3.07. The average Bonchev–Trinajstić information content (AvgIpc) is 2.27. The Hall–Kier alpha value is -0.120. The summed E-state index contributed by atoms with van der Waals surface area (Å²) in [6, 6.07) is 0.685. The Morgan fingerprint density at radius 1 is 1.06 bits per heavy atom. The highest BCUT2D eigenvalue weighted by Crippen LogP contribution is 2.28. The van der Waals surface area contributed by atoms with Crippen molar-refractivity contribution in [2.75, 3.05) is 26.4 Å². The van der Waals surface area contributed by atoms with E-state index in [1.807, 2.05) is 0 Å². The third-order valence-corrected chi connectivity index (χ3v) is 3.70. The van der Waals surface area contributed by atoms with Gasteiger partial charge in [0.2, 0.25) is 0 Å². The largest absolute Gasteiger partial charge is 0.376 e. The summed E-state index contributed by atoms with van der Waals surface area (Å²) >= 11 is 0. The highest BCUT2D eigenvalue weighted by atomic mass is 16.6. The van der Waals surface area contributed by atoms with Crippen molar-refractivity contribution in [3.05, 3.63) is 0 Å². The Morgan fingerprint density at radius 3 is 2.44 bits per heavy atom. The molecule has 0 aromatic carbocycles. The van der Waals surface area contributed by atoms with E-state index in [1.54, 1.807) is 0 Å². The predicted molar refractivity (Wildman–Crippen MR) is 64.5 cm³/mol. The van der Waals surface area contributed by atoms with Gasteiger partial charge in [0.15, 0.2) is 0 Å². The van der Waals surface area contributed by atoms with E-state index in [2.05, 4.69) is 19.2 Å². The molecule has 1 saturated heterocycles. The molecule has 0 aromatic rings. The molecule has 3 heteroatoms. The van der Waals surface area contributed by atoms with Crippen LogP contribution in [0.4, 0.5) is 0 Å². The van der Waals surface area contributed by atoms with Gasteiger partial charge in [-0.05, 0) is 31.1 Å². The molecule has 16 heavy (non-hydrogen) atoms. The van der Waals surface area contributed by atoms with Crippen molar-refractivity contribution in [3.63, 3.8) is 0 Å². The first-order valence-corrected chi connectivity index (χ1v) is 6.66. The maximum absolute atomic E-state index is 5.64. The second kappa shape index (κ2) is 5.99. The lowest BCUT2D eigenvalue weighted by molar-refractivity contribution is -0.0875. The van der Waals surface area contributed by atoms with Crippen LogP contribution in [0.2, 0.25) is 0 Å². The summed E-state index contributed by atoms with van der Waals surface area (Å²) in [6.07, 6.45) is 4.29. The summed E-state index contributed by atoms with van der Waals surface area (Å²) in [6.45, 7) is 7.95. The minimum atomic E-state index is 0.265. The Morgan fingerprint density at radius 2 is 1.81 bits per heavy atom. The third kappa shape index (κ3) is 3.72. The van der Waals surface area contributed by atoms with Crippen LogP contribution < -0.4 is 5.32 Å². The van der Waals surface area contributed by atoms with Gasteiger partial charge in [0.25, 0.3) is 0 Å². The summed E-state index contributed by atoms with van der Waals surface area (Å²) in [5, 5.41) is 3.65. The van der Waals surface area contributed by atoms with E-state index in [4.69, 9.17) is 9.47 Å². The monoisotopic (exact) mass is 227 g/mol. The summed E-state index contributed by atoms with van der Waals surface area (Å²) in [4.78, 5) is 0. The van der Waals surface area contributed by atoms with Crippen molar-refractivity contribution >= 4 is 0 Å². The van der Waals surface area contributed by atoms with E-state index < -0.39 is 0 Å². The van der Waals surface area contributed by atoms with Crippen molar-refractivity contribution in [1.29, 1.82) is 0 Å². The molecule has 0 spiro atoms. The van der Waals surface area contributed by atoms with Crippen LogP contribution in [0.25, 0.3) is 0 Å². The van der Waals surface area contributed by atoms with Crippen molar-refractivity contribution < 1.29 is 9.47 Å². The molecule has 0 aromatic heterocycles. The lowest BCUT2D eigenvalue weighted by Gasteiger charge is -2.33. The van der Waals surface area contributed by atoms with Gasteiger partial charge in [-0.15, -0.1) is 0 Å². The van der Waals surface area contributed by atoms with Crippen molar-refractivity contribution in [2.45, 2.75) is 45.3 Å². The van der Waals surface area contributed by atoms with Crippen molar-refractivity contribution in [1.82, 2.24) is 5.32 Å². The molecule has 2 rings (SSSR count). The molecule has 2 fully saturated rings. The molecule has 1 aliphatic carbocycles. The normalized spacial score (nSPS) is 40.9. The number of rotatable bonds is 3. The second-order valence-electron chi connectivity index (χ2n) is 5.59. The van der Waals surface area contributed by atoms with Crippen molar-refractivity contribution in [2.24, 2.45) is 11.8 Å². The summed E-state index contributed by atoms with van der Waals surface area (Å²) < 4.78 is 11.0. The molecule has 0 amide bonds. The zero-order chi connectivity index (χ0) is 11.4. The minimum absolute atomic E-state index is 0.265. The average molecular weight is 227 g/mol. The highest BCUT2D eigenvalue weighted by molar-refractivity contribution is 4.80. The minimum Gasteiger partial charge on any atom is -0.376 e. The molecule has 1 N–H and O–H groups in total. The standard InChI is InChI=1S/C13H25NO2/c1-10-5-11(2)7-12(6-10)14-8-13-9-15-3-4-16-13/h10-14H,3-9H2,1-2H3. The number of hydrogen-bond donors (Lipinski definition) is 1. The first-order chi connectivity index (χ1) is 7.74. The number of ether oxygens (including phenoxy) is 2. The van der Waals surface area contributed by atoms with Crippen LogP contribution in [0.3, 0.4) is 0 Å². The van der Waals surface area contributed by atoms with Gasteiger partial charge in [-0.3, -0.25) is 0 Å². The molecular weight excluding hydrogens is 202 g/mol. The van der Waals surface area contributed by atoms with E-state index in [0.717, 1.165) is 38.2 Å². The second-order valence-corrected chi connectivity index (χ2v) is 5.59. The van der Waals surface area contributed by atoms with Crippen molar-refractivity contribution in [3.8, 4) is 0 Å². The maximum atomic E-state index is 5.64. The summed E-state index contributed by atoms with van der Waals surface area (Å²) in [5.41, 5.74) is 0. The first-order valence-electron chi connectivity index (χ1n) is 6.66. The van der Waals surface area contributed by atoms with Gasteiger partial charge in [-0.2, -0.15) is 0 Å². The lowest BCUT2D eigenvalue weighted by atomic mass is 9.80. The first kappa shape index (κ1) is 12.3. The molecule has 1 aliphatic heterocycles. The zero-order valence-electron chi connectivity index (χ0n) is 10.6. The van der Waals surface area contributed by atoms with E-state index in [-0.39, 0.29) is 6.10 Å². The van der Waals surface area contributed by atoms with Gasteiger partial charge < -0.3 is 14.8 Å². The van der Waals surface area contributed by atoms with Gasteiger partial charge in [0.05, 0.1) is 25.9 Å². The fraction of sp³-hybridized carbons (Fsp3) is 1.00. The Labute approximate surface area is 98.9 Å². The smallest absolute Gasteiger partial charge is 0.0933 e. The number of hydrogen-bond acceptors (Lipinski definition) is 3. The Kier molecular flexibility index (Phi) is 4.62. The molecular formula is C13H25NO2. The van der Waals surface area contributed by atoms with Crippen LogP contribution in [0.5, 0.6) is 0 Å². The number of nitrogens with one attached hydrogen (secondary N) is 1. The summed E-state index contributed by atoms with van der Waals surface area (Å²) in [5.74, 6) is 1.73. The molecule has 3 atom stereocenters. The van der Waals surface area contributed by atoms with Gasteiger partial charge >= 0.3 is 0 Å². The quantitative estimate of drug-likeness (QED) is 0.797. The molecule has 94 valence electrons. The lowest BCUT2D eigenvalue weighted by Crippen LogP contribution is -2.44. The van der Waals surface area contributed by atoms with E-state index in [9.17, 15) is 0 Å². The molecule has 1 heterocycles. The molecule has 3 nitrogen and oxygen atoms in total. The van der Waals surface area contributed by atoms with Crippen LogP contribution in [0.15, 0.2) is 0 Å². The molecule has 0 radical (unpaired) electrons. The SMILES string of the molecule is CC1CC(C)CC(NCC2COCCO2)C1. The maximum Gasteiger partial charge on any atom is 0.0933 e. The highest BCUT2D eigenvalue weighted by Gasteiger charge is 2.24. The Balaban J connectivity index is 1.68. The predicted octanol–water partition coefficient (Wildman–Crippen LogP) is 1.82. The molecule has 1 saturated carbocycles. The van der Waals surface area contributed by atoms with Crippen LogP contribution in [-0.2, 0) is 9.47 Å². The Bertz CT molecular complexity index is 194.